The molecule has 0 bridgehead atoms. The summed E-state index contributed by atoms with van der Waals surface area (Å²) < 4.78 is 36.0. The van der Waals surface area contributed by atoms with Gasteiger partial charge >= 0.3 is 0 Å². The van der Waals surface area contributed by atoms with E-state index < -0.39 is 17.6 Å². The number of hydrogen-bond donors (Lipinski definition) is 1. The summed E-state index contributed by atoms with van der Waals surface area (Å²) in [6, 6.07) is 1.23. The van der Waals surface area contributed by atoms with Crippen LogP contribution in [0.25, 0.3) is 0 Å². The zero-order valence-electron chi connectivity index (χ0n) is 8.46. The quantitative estimate of drug-likeness (QED) is 0.812. The number of anilines is 1. The minimum Gasteiger partial charge on any atom is -0.612 e. The smallest absolute Gasteiger partial charge is 0.265 e. The Bertz CT molecular complexity index is 334. The summed E-state index contributed by atoms with van der Waals surface area (Å²) in [5.41, 5.74) is -0.207. The van der Waals surface area contributed by atoms with Crippen LogP contribution in [0.3, 0.4) is 0 Å². The summed E-state index contributed by atoms with van der Waals surface area (Å²) in [6.45, 7) is 2.45. The van der Waals surface area contributed by atoms with Gasteiger partial charge < -0.3 is 9.87 Å². The molecular weight excluding hydrogens is 222 g/mol. The first-order chi connectivity index (χ1) is 7.06. The van der Waals surface area contributed by atoms with Crippen molar-refractivity contribution in [3.05, 3.63) is 17.8 Å². The van der Waals surface area contributed by atoms with E-state index >= 15 is 0 Å². The minimum absolute atomic E-state index is 0.207. The third-order valence-electron chi connectivity index (χ3n) is 1.78. The van der Waals surface area contributed by atoms with Crippen molar-refractivity contribution in [2.45, 2.75) is 18.2 Å². The first-order valence-electron chi connectivity index (χ1n) is 4.41. The second kappa shape index (κ2) is 5.27. The maximum absolute atomic E-state index is 12.4. The van der Waals surface area contributed by atoms with Gasteiger partial charge in [0.1, 0.15) is 6.26 Å². The monoisotopic (exact) mass is 234 g/mol. The van der Waals surface area contributed by atoms with E-state index in [2.05, 4.69) is 10.3 Å². The Morgan fingerprint density at radius 2 is 2.27 bits per heavy atom. The maximum Gasteiger partial charge on any atom is 0.265 e. The van der Waals surface area contributed by atoms with Gasteiger partial charge in [0.15, 0.2) is 10.7 Å². The van der Waals surface area contributed by atoms with Crippen LogP contribution in [0.1, 0.15) is 18.9 Å². The fourth-order valence-corrected chi connectivity index (χ4v) is 1.80. The van der Waals surface area contributed by atoms with E-state index in [9.17, 15) is 13.3 Å². The first kappa shape index (κ1) is 12.2. The molecular formula is C9H12F2N2OS. The topological polar surface area (TPSA) is 48.0 Å². The zero-order valence-corrected chi connectivity index (χ0v) is 9.28. The minimum atomic E-state index is -2.59. The Morgan fingerprint density at radius 3 is 2.73 bits per heavy atom. The molecule has 1 aromatic heterocycles. The van der Waals surface area contributed by atoms with Crippen LogP contribution in [0.4, 0.5) is 14.6 Å². The molecule has 1 unspecified atom stereocenters. The number of alkyl halides is 2. The van der Waals surface area contributed by atoms with Crippen molar-refractivity contribution in [3.8, 4) is 0 Å². The van der Waals surface area contributed by atoms with Crippen LogP contribution in [0.5, 0.6) is 0 Å². The highest BCUT2D eigenvalue weighted by Crippen LogP contribution is 2.25. The van der Waals surface area contributed by atoms with Crippen LogP contribution >= 0.6 is 0 Å². The maximum atomic E-state index is 12.4. The van der Waals surface area contributed by atoms with Gasteiger partial charge in [0.05, 0.1) is 0 Å². The van der Waals surface area contributed by atoms with Gasteiger partial charge in [-0.1, -0.05) is 0 Å². The van der Waals surface area contributed by atoms with Crippen LogP contribution < -0.4 is 5.32 Å². The first-order valence-corrected chi connectivity index (χ1v) is 5.97. The molecule has 0 saturated carbocycles. The highest BCUT2D eigenvalue weighted by atomic mass is 32.2. The fraction of sp³-hybridized carbons (Fsp3) is 0.444. The molecule has 0 fully saturated rings. The van der Waals surface area contributed by atoms with E-state index in [1.54, 1.807) is 0 Å². The Balaban J connectivity index is 3.09. The third-order valence-corrected chi connectivity index (χ3v) is 2.71. The van der Waals surface area contributed by atoms with Gasteiger partial charge in [-0.2, -0.15) is 0 Å². The van der Waals surface area contributed by atoms with Gasteiger partial charge in [-0.3, -0.25) is 0 Å². The number of hydrogen-bond acceptors (Lipinski definition) is 3. The lowest BCUT2D eigenvalue weighted by molar-refractivity contribution is 0.150. The largest absolute Gasteiger partial charge is 0.612 e. The van der Waals surface area contributed by atoms with Crippen molar-refractivity contribution in [2.24, 2.45) is 0 Å². The molecule has 15 heavy (non-hydrogen) atoms. The van der Waals surface area contributed by atoms with Gasteiger partial charge in [0.25, 0.3) is 6.43 Å². The lowest BCUT2D eigenvalue weighted by Gasteiger charge is -2.11. The van der Waals surface area contributed by atoms with E-state index in [4.69, 9.17) is 0 Å². The number of pyridine rings is 1. The van der Waals surface area contributed by atoms with Crippen molar-refractivity contribution in [1.29, 1.82) is 0 Å². The van der Waals surface area contributed by atoms with Crippen molar-refractivity contribution in [1.82, 2.24) is 4.98 Å². The lowest BCUT2D eigenvalue weighted by Crippen LogP contribution is -2.08. The molecule has 6 heteroatoms. The summed E-state index contributed by atoms with van der Waals surface area (Å²) in [4.78, 5) is 4.14. The second-order valence-electron chi connectivity index (χ2n) is 2.90. The second-order valence-corrected chi connectivity index (χ2v) is 4.25. The molecule has 1 N–H and O–H groups in total. The van der Waals surface area contributed by atoms with Gasteiger partial charge in [0, 0.05) is 24.4 Å². The molecule has 1 heterocycles. The molecule has 0 amide bonds. The van der Waals surface area contributed by atoms with Crippen LogP contribution in [-0.4, -0.2) is 22.3 Å². The average molecular weight is 234 g/mol. The van der Waals surface area contributed by atoms with Crippen LogP contribution in [0.15, 0.2) is 17.2 Å². The molecule has 0 aliphatic heterocycles. The normalized spacial score (nSPS) is 12.9. The third kappa shape index (κ3) is 3.04. The van der Waals surface area contributed by atoms with E-state index in [1.165, 1.54) is 12.3 Å². The summed E-state index contributed by atoms with van der Waals surface area (Å²) in [6.07, 6.45) is -0.0537. The Kier molecular flexibility index (Phi) is 4.28. The van der Waals surface area contributed by atoms with Crippen molar-refractivity contribution < 1.29 is 13.3 Å². The van der Waals surface area contributed by atoms with Crippen LogP contribution in [0, 0.1) is 0 Å². The lowest BCUT2D eigenvalue weighted by atomic mass is 10.3. The molecule has 0 radical (unpaired) electrons. The molecule has 1 aromatic rings. The predicted molar refractivity (Wildman–Crippen MR) is 55.7 cm³/mol. The standard InChI is InChI=1S/C9H12F2N2OS/c1-3-12-9-7(15(2)14)4-6(5-13-9)8(10)11/h4-5,8H,3H2,1-2H3,(H,12,13). The van der Waals surface area contributed by atoms with Crippen molar-refractivity contribution in [3.63, 3.8) is 0 Å². The summed E-state index contributed by atoms with van der Waals surface area (Å²) in [7, 11) is 0. The summed E-state index contributed by atoms with van der Waals surface area (Å²) in [5, 5.41) is 2.87. The molecule has 0 spiro atoms. The molecule has 0 saturated heterocycles. The highest BCUT2D eigenvalue weighted by Gasteiger charge is 2.17. The van der Waals surface area contributed by atoms with E-state index in [-0.39, 0.29) is 5.56 Å². The summed E-state index contributed by atoms with van der Waals surface area (Å²) >= 11 is -1.33. The highest BCUT2D eigenvalue weighted by molar-refractivity contribution is 7.90. The Morgan fingerprint density at radius 1 is 1.60 bits per heavy atom. The van der Waals surface area contributed by atoms with E-state index in [1.807, 2.05) is 6.92 Å². The number of rotatable bonds is 4. The van der Waals surface area contributed by atoms with E-state index in [0.29, 0.717) is 17.3 Å². The molecule has 84 valence electrons. The zero-order chi connectivity index (χ0) is 11.4. The SMILES string of the molecule is CCNc1ncc(C(F)F)cc1[S+](C)[O-]. The van der Waals surface area contributed by atoms with E-state index in [0.717, 1.165) is 6.20 Å². The Labute approximate surface area is 90.1 Å². The molecule has 0 aliphatic rings. The van der Waals surface area contributed by atoms with Crippen LogP contribution in [-0.2, 0) is 11.2 Å². The molecule has 3 nitrogen and oxygen atoms in total. The fourth-order valence-electron chi connectivity index (χ4n) is 1.10. The van der Waals surface area contributed by atoms with Gasteiger partial charge in [-0.05, 0) is 18.1 Å². The van der Waals surface area contributed by atoms with Gasteiger partial charge in [0.2, 0.25) is 0 Å². The average Bonchev–Trinajstić information content (AvgIpc) is 2.18. The molecule has 1 atom stereocenters. The van der Waals surface area contributed by atoms with Crippen LogP contribution in [0.2, 0.25) is 0 Å². The number of halogens is 2. The molecule has 0 aromatic carbocycles. The van der Waals surface area contributed by atoms with Gasteiger partial charge in [-0.15, -0.1) is 0 Å². The summed E-state index contributed by atoms with van der Waals surface area (Å²) in [5.74, 6) is 0.405. The number of nitrogens with zero attached hydrogens (tertiary/aromatic N) is 1. The van der Waals surface area contributed by atoms with Crippen molar-refractivity contribution in [2.75, 3.05) is 18.1 Å². The van der Waals surface area contributed by atoms with Crippen molar-refractivity contribution >= 4 is 17.0 Å². The molecule has 1 rings (SSSR count). The van der Waals surface area contributed by atoms with Gasteiger partial charge in [-0.25, -0.2) is 13.8 Å². The predicted octanol–water partition coefficient (Wildman–Crippen LogP) is 2.19. The number of aromatic nitrogens is 1. The molecule has 0 aliphatic carbocycles. The number of nitrogens with one attached hydrogen (secondary N) is 1. The Hall–Kier alpha value is -0.880.